The van der Waals surface area contributed by atoms with Crippen molar-refractivity contribution >= 4 is 18.3 Å². The van der Waals surface area contributed by atoms with Gasteiger partial charge in [0.2, 0.25) is 5.91 Å². The molecular weight excluding hydrogens is 300 g/mol. The maximum absolute atomic E-state index is 13.2. The fraction of sp³-hybridized carbons (Fsp3) is 0.941. The van der Waals surface area contributed by atoms with Crippen molar-refractivity contribution in [2.24, 2.45) is 22.5 Å². The van der Waals surface area contributed by atoms with Crippen LogP contribution < -0.4 is 5.73 Å². The highest BCUT2D eigenvalue weighted by Gasteiger charge is 2.71. The number of nitrogens with two attached hydrogens (primary N) is 1. The van der Waals surface area contributed by atoms with E-state index in [0.29, 0.717) is 0 Å². The minimum atomic E-state index is -0.745. The molecule has 1 saturated carbocycles. The molecule has 1 amide bonds. The summed E-state index contributed by atoms with van der Waals surface area (Å²) in [7, 11) is 0. The number of rotatable bonds is 1. The number of hydrogen-bond donors (Lipinski definition) is 1. The number of nitrogens with zero attached hydrogens (tertiary/aromatic N) is 1. The molecule has 0 spiro atoms. The Bertz CT molecular complexity index is 452. The first-order valence-corrected chi connectivity index (χ1v) is 8.40. The molecule has 0 bridgehead atoms. The molecule has 3 fully saturated rings. The lowest BCUT2D eigenvalue weighted by molar-refractivity contribution is -0.231. The summed E-state index contributed by atoms with van der Waals surface area (Å²) in [5.41, 5.74) is 5.92. The predicted molar refractivity (Wildman–Crippen MR) is 90.0 cm³/mol. The molecule has 3 atom stereocenters. The van der Waals surface area contributed by atoms with Crippen molar-refractivity contribution in [2.45, 2.75) is 65.0 Å². The highest BCUT2D eigenvalue weighted by atomic mass is 35.5. The molecule has 22 heavy (non-hydrogen) atoms. The van der Waals surface area contributed by atoms with Crippen molar-refractivity contribution in [3.63, 3.8) is 0 Å². The number of carbonyl (C=O) groups is 1. The van der Waals surface area contributed by atoms with E-state index in [-0.39, 0.29) is 41.2 Å². The Morgan fingerprint density at radius 2 is 1.91 bits per heavy atom. The number of likely N-dealkylation sites (tertiary alicyclic amines) is 1. The van der Waals surface area contributed by atoms with Gasteiger partial charge in [-0.05, 0) is 31.1 Å². The van der Waals surface area contributed by atoms with E-state index < -0.39 is 5.54 Å². The Labute approximate surface area is 140 Å². The first kappa shape index (κ1) is 18.0. The summed E-state index contributed by atoms with van der Waals surface area (Å²) in [6.45, 7) is 11.2. The Morgan fingerprint density at radius 3 is 2.55 bits per heavy atom. The molecule has 4 nitrogen and oxygen atoms in total. The minimum absolute atomic E-state index is 0. The van der Waals surface area contributed by atoms with Gasteiger partial charge in [-0.15, -0.1) is 12.4 Å². The van der Waals surface area contributed by atoms with E-state index in [0.717, 1.165) is 39.0 Å². The zero-order valence-electron chi connectivity index (χ0n) is 14.4. The van der Waals surface area contributed by atoms with Gasteiger partial charge in [0.05, 0.1) is 6.10 Å². The molecule has 2 N–H and O–H groups in total. The Balaban J connectivity index is 0.00000176. The van der Waals surface area contributed by atoms with Crippen molar-refractivity contribution in [3.05, 3.63) is 0 Å². The Hall–Kier alpha value is -0.320. The summed E-state index contributed by atoms with van der Waals surface area (Å²) in [5.74, 6) is 0.353. The van der Waals surface area contributed by atoms with Crippen LogP contribution in [0, 0.1) is 16.7 Å². The second-order valence-electron chi connectivity index (χ2n) is 8.63. The smallest absolute Gasteiger partial charge is 0.243 e. The lowest BCUT2D eigenvalue weighted by atomic mass is 9.46. The highest BCUT2D eigenvalue weighted by molar-refractivity contribution is 5.89. The van der Waals surface area contributed by atoms with E-state index in [1.54, 1.807) is 0 Å². The van der Waals surface area contributed by atoms with Crippen LogP contribution in [0.15, 0.2) is 0 Å². The second-order valence-corrected chi connectivity index (χ2v) is 8.63. The molecule has 128 valence electrons. The first-order valence-electron chi connectivity index (χ1n) is 8.40. The van der Waals surface area contributed by atoms with Gasteiger partial charge in [-0.3, -0.25) is 4.79 Å². The second kappa shape index (κ2) is 5.64. The number of fused-ring (bicyclic) bond motifs is 1. The van der Waals surface area contributed by atoms with Gasteiger partial charge in [0.25, 0.3) is 0 Å². The summed E-state index contributed by atoms with van der Waals surface area (Å²) >= 11 is 0. The van der Waals surface area contributed by atoms with Gasteiger partial charge in [0, 0.05) is 31.0 Å². The molecule has 1 aliphatic carbocycles. The lowest BCUT2D eigenvalue weighted by Crippen LogP contribution is -2.82. The third-order valence-electron chi connectivity index (χ3n) is 6.23. The van der Waals surface area contributed by atoms with Crippen LogP contribution in [0.1, 0.15) is 53.4 Å². The van der Waals surface area contributed by atoms with E-state index in [1.807, 2.05) is 4.90 Å². The van der Waals surface area contributed by atoms with Gasteiger partial charge >= 0.3 is 0 Å². The summed E-state index contributed by atoms with van der Waals surface area (Å²) in [6, 6.07) is 0. The van der Waals surface area contributed by atoms with Crippen molar-refractivity contribution in [1.82, 2.24) is 4.90 Å². The van der Waals surface area contributed by atoms with E-state index >= 15 is 0 Å². The number of hydrogen-bond acceptors (Lipinski definition) is 3. The number of piperidine rings is 1. The molecule has 3 unspecified atom stereocenters. The Morgan fingerprint density at radius 1 is 1.23 bits per heavy atom. The van der Waals surface area contributed by atoms with E-state index in [4.69, 9.17) is 10.5 Å². The summed E-state index contributed by atoms with van der Waals surface area (Å²) in [4.78, 5) is 15.2. The van der Waals surface area contributed by atoms with E-state index in [1.165, 1.54) is 6.42 Å². The number of carbonyl (C=O) groups excluding carboxylic acids is 1. The van der Waals surface area contributed by atoms with Crippen LogP contribution in [0.2, 0.25) is 0 Å². The van der Waals surface area contributed by atoms with Crippen LogP contribution in [-0.2, 0) is 9.53 Å². The molecule has 0 aromatic carbocycles. The lowest BCUT2D eigenvalue weighted by Gasteiger charge is -2.66. The van der Waals surface area contributed by atoms with Crippen molar-refractivity contribution in [1.29, 1.82) is 0 Å². The first-order chi connectivity index (χ1) is 9.70. The molecule has 3 rings (SSSR count). The van der Waals surface area contributed by atoms with Crippen LogP contribution >= 0.6 is 12.4 Å². The normalized spacial score (nSPS) is 39.2. The van der Waals surface area contributed by atoms with Crippen LogP contribution in [0.4, 0.5) is 0 Å². The average Bonchev–Trinajstić information content (AvgIpc) is 2.44. The monoisotopic (exact) mass is 330 g/mol. The zero-order chi connectivity index (χ0) is 15.5. The van der Waals surface area contributed by atoms with Crippen LogP contribution in [0.5, 0.6) is 0 Å². The molecular formula is C17H31ClN2O2. The van der Waals surface area contributed by atoms with Gasteiger partial charge < -0.3 is 15.4 Å². The third kappa shape index (κ3) is 2.38. The molecule has 0 radical (unpaired) electrons. The number of ether oxygens (including phenoxy) is 1. The van der Waals surface area contributed by atoms with Crippen molar-refractivity contribution < 1.29 is 9.53 Å². The van der Waals surface area contributed by atoms with Gasteiger partial charge in [-0.25, -0.2) is 0 Å². The third-order valence-corrected chi connectivity index (χ3v) is 6.23. The predicted octanol–water partition coefficient (Wildman–Crippen LogP) is 2.59. The highest BCUT2D eigenvalue weighted by Crippen LogP contribution is 2.58. The van der Waals surface area contributed by atoms with Crippen LogP contribution in [-0.4, -0.2) is 42.1 Å². The fourth-order valence-electron chi connectivity index (χ4n) is 4.87. The molecule has 0 aromatic heterocycles. The van der Waals surface area contributed by atoms with Crippen LogP contribution in [0.3, 0.4) is 0 Å². The Kier molecular flexibility index (Phi) is 4.62. The molecule has 2 saturated heterocycles. The van der Waals surface area contributed by atoms with Gasteiger partial charge in [-0.2, -0.15) is 0 Å². The standard InChI is InChI=1S/C17H30N2O2.ClH/c1-15(2)8-6-9-19(11-15)14(20)17(18)12-7-5-10-21-13(12)16(17,3)4;/h12-13H,5-11,18H2,1-4H3;1H. The van der Waals surface area contributed by atoms with E-state index in [2.05, 4.69) is 27.7 Å². The maximum atomic E-state index is 13.2. The van der Waals surface area contributed by atoms with Crippen molar-refractivity contribution in [3.8, 4) is 0 Å². The summed E-state index contributed by atoms with van der Waals surface area (Å²) in [5, 5.41) is 0. The van der Waals surface area contributed by atoms with Crippen molar-refractivity contribution in [2.75, 3.05) is 19.7 Å². The zero-order valence-corrected chi connectivity index (χ0v) is 15.2. The van der Waals surface area contributed by atoms with Gasteiger partial charge in [0.15, 0.2) is 0 Å². The summed E-state index contributed by atoms with van der Waals surface area (Å²) < 4.78 is 5.92. The number of halogens is 1. The molecule has 3 aliphatic rings. The number of amides is 1. The van der Waals surface area contributed by atoms with Crippen LogP contribution in [0.25, 0.3) is 0 Å². The van der Waals surface area contributed by atoms with Gasteiger partial charge in [-0.1, -0.05) is 27.7 Å². The molecule has 2 heterocycles. The largest absolute Gasteiger partial charge is 0.377 e. The average molecular weight is 331 g/mol. The molecule has 5 heteroatoms. The molecule has 2 aliphatic heterocycles. The SMILES string of the molecule is CC1(C)CCCN(C(=O)C2(N)C3CCCOC3C2(C)C)C1.Cl. The quantitative estimate of drug-likeness (QED) is 0.804. The fourth-order valence-corrected chi connectivity index (χ4v) is 4.87. The topological polar surface area (TPSA) is 55.6 Å². The van der Waals surface area contributed by atoms with E-state index in [9.17, 15) is 4.79 Å². The maximum Gasteiger partial charge on any atom is 0.243 e. The summed E-state index contributed by atoms with van der Waals surface area (Å²) in [6.07, 6.45) is 4.47. The molecule has 0 aromatic rings. The van der Waals surface area contributed by atoms with Gasteiger partial charge in [0.1, 0.15) is 5.54 Å². The minimum Gasteiger partial charge on any atom is -0.377 e.